The third-order valence-corrected chi connectivity index (χ3v) is 14.3. The van der Waals surface area contributed by atoms with Gasteiger partial charge in [0.05, 0.1) is 44.4 Å². The predicted molar refractivity (Wildman–Crippen MR) is 211 cm³/mol. The van der Waals surface area contributed by atoms with Gasteiger partial charge in [-0.05, 0) is 73.3 Å². The first-order valence-corrected chi connectivity index (χ1v) is 22.1. The molecule has 1 saturated heterocycles. The maximum Gasteiger partial charge on any atom is 0.305 e. The van der Waals surface area contributed by atoms with Gasteiger partial charge in [-0.15, -0.1) is 0 Å². The van der Waals surface area contributed by atoms with E-state index in [1.165, 1.54) is 7.11 Å². The summed E-state index contributed by atoms with van der Waals surface area (Å²) in [6.07, 6.45) is 2.89. The minimum Gasteiger partial charge on any atom is -0.469 e. The van der Waals surface area contributed by atoms with Gasteiger partial charge in [0.15, 0.2) is 13.9 Å². The topological polar surface area (TPSA) is 161 Å². The van der Waals surface area contributed by atoms with E-state index in [0.29, 0.717) is 49.3 Å². The third kappa shape index (κ3) is 7.21. The molecule has 1 fully saturated rings. The molecule has 1 aromatic heterocycles. The van der Waals surface area contributed by atoms with Crippen molar-refractivity contribution < 1.29 is 38.6 Å². The maximum absolute atomic E-state index is 14.9. The molecule has 13 heteroatoms. The maximum atomic E-state index is 14.9. The van der Waals surface area contributed by atoms with Gasteiger partial charge in [-0.1, -0.05) is 49.4 Å². The standard InChI is InChI=1S/C42H50N4O8Si/c1-26-40(55(3,4)52)36(22-38(49)46-24-28-12-6-5-11-27(28)19-31(46)25-47)54-42(26)33-21-30(44-37(48)20-29-23-43-34-14-8-7-13-32(29)34)16-17-35(33)45(41(42)51)18-10-9-15-39(50)53-2/h5-8,11-14,16-17,21,23,26,31,36,40,43,47,52H,9-10,15,18-20,22,24-25H2,1-4H3,(H,44,48)/t26-,31-,36+,40-,42+/m0/s1. The van der Waals surface area contributed by atoms with Gasteiger partial charge < -0.3 is 39.5 Å². The number of esters is 1. The number of benzene rings is 3. The van der Waals surface area contributed by atoms with Crippen LogP contribution in [0.1, 0.15) is 54.9 Å². The molecule has 3 aromatic carbocycles. The molecule has 0 aliphatic carbocycles. The molecular weight excluding hydrogens is 717 g/mol. The number of aliphatic hydroxyl groups excluding tert-OH is 1. The van der Waals surface area contributed by atoms with Gasteiger partial charge in [0.25, 0.3) is 5.91 Å². The smallest absolute Gasteiger partial charge is 0.305 e. The Labute approximate surface area is 321 Å². The molecule has 3 amide bonds. The summed E-state index contributed by atoms with van der Waals surface area (Å²) in [5.74, 6) is -1.59. The number of anilines is 2. The van der Waals surface area contributed by atoms with Crippen molar-refractivity contribution in [2.75, 3.05) is 30.5 Å². The summed E-state index contributed by atoms with van der Waals surface area (Å²) in [6.45, 7) is 6.01. The number of para-hydroxylation sites is 1. The van der Waals surface area contributed by atoms with Crippen LogP contribution in [0.5, 0.6) is 0 Å². The van der Waals surface area contributed by atoms with Crippen molar-refractivity contribution >= 4 is 54.3 Å². The number of amides is 3. The summed E-state index contributed by atoms with van der Waals surface area (Å²) < 4.78 is 11.8. The van der Waals surface area contributed by atoms with Crippen molar-refractivity contribution in [3.8, 4) is 0 Å². The number of aromatic amines is 1. The number of hydrogen-bond acceptors (Lipinski definition) is 8. The van der Waals surface area contributed by atoms with Crippen LogP contribution >= 0.6 is 0 Å². The lowest BCUT2D eigenvalue weighted by Crippen LogP contribution is -2.48. The van der Waals surface area contributed by atoms with E-state index in [-0.39, 0.29) is 49.6 Å². The molecule has 290 valence electrons. The number of H-pyrrole nitrogens is 1. The zero-order valence-corrected chi connectivity index (χ0v) is 32.8. The van der Waals surface area contributed by atoms with Gasteiger partial charge in [0, 0.05) is 59.3 Å². The second kappa shape index (κ2) is 15.4. The Balaban J connectivity index is 1.20. The van der Waals surface area contributed by atoms with Gasteiger partial charge in [-0.3, -0.25) is 19.2 Å². The molecule has 3 aliphatic rings. The molecule has 0 bridgehead atoms. The molecule has 1 spiro atoms. The van der Waals surface area contributed by atoms with E-state index < -0.39 is 37.5 Å². The van der Waals surface area contributed by atoms with E-state index in [0.717, 1.165) is 27.6 Å². The monoisotopic (exact) mass is 766 g/mol. The highest BCUT2D eigenvalue weighted by Crippen LogP contribution is 2.60. The largest absolute Gasteiger partial charge is 0.469 e. The van der Waals surface area contributed by atoms with Crippen molar-refractivity contribution in [2.45, 2.75) is 88.4 Å². The molecule has 12 nitrogen and oxygen atoms in total. The molecule has 7 rings (SSSR count). The number of hydrogen-bond donors (Lipinski definition) is 4. The highest BCUT2D eigenvalue weighted by molar-refractivity contribution is 6.71. The Bertz CT molecular complexity index is 2110. The Morgan fingerprint density at radius 1 is 1.05 bits per heavy atom. The van der Waals surface area contributed by atoms with Crippen LogP contribution < -0.4 is 10.2 Å². The number of nitrogens with one attached hydrogen (secondary N) is 2. The second-order valence-electron chi connectivity index (χ2n) is 15.7. The molecule has 4 aromatic rings. The first-order valence-electron chi connectivity index (χ1n) is 19.1. The van der Waals surface area contributed by atoms with Crippen LogP contribution in [0.15, 0.2) is 72.9 Å². The SMILES string of the molecule is COC(=O)CCCCN1C(=O)[C@]2(O[C@H](CC(=O)N3Cc4ccccc4C[C@H]3CO)[C@@H]([Si](C)(C)O)[C@@H]2C)c2cc(NC(=O)Cc3c[nH]c4ccccc34)ccc21. The minimum absolute atomic E-state index is 0.0742. The van der Waals surface area contributed by atoms with E-state index in [4.69, 9.17) is 9.47 Å². The lowest BCUT2D eigenvalue weighted by atomic mass is 9.82. The summed E-state index contributed by atoms with van der Waals surface area (Å²) in [7, 11) is -1.76. The normalized spacial score (nSPS) is 23.3. The number of ether oxygens (including phenoxy) is 2. The predicted octanol–water partition coefficient (Wildman–Crippen LogP) is 5.17. The van der Waals surface area contributed by atoms with Gasteiger partial charge in [0.1, 0.15) is 0 Å². The van der Waals surface area contributed by atoms with Crippen LogP contribution in [-0.4, -0.2) is 84.2 Å². The second-order valence-corrected chi connectivity index (χ2v) is 19.7. The van der Waals surface area contributed by atoms with Crippen LogP contribution in [0.2, 0.25) is 18.6 Å². The lowest BCUT2D eigenvalue weighted by molar-refractivity contribution is -0.151. The summed E-state index contributed by atoms with van der Waals surface area (Å²) in [6, 6.07) is 20.7. The summed E-state index contributed by atoms with van der Waals surface area (Å²) in [5, 5.41) is 14.3. The number of fused-ring (bicyclic) bond motifs is 4. The molecule has 0 unspecified atom stereocenters. The summed E-state index contributed by atoms with van der Waals surface area (Å²) in [4.78, 5) is 72.9. The molecule has 4 heterocycles. The van der Waals surface area contributed by atoms with Crippen molar-refractivity contribution in [3.05, 3.63) is 95.2 Å². The zero-order valence-electron chi connectivity index (χ0n) is 31.8. The quantitative estimate of drug-likeness (QED) is 0.0873. The van der Waals surface area contributed by atoms with E-state index in [1.807, 2.05) is 80.8 Å². The van der Waals surface area contributed by atoms with Gasteiger partial charge in [-0.2, -0.15) is 0 Å². The first-order chi connectivity index (χ1) is 26.3. The Kier molecular flexibility index (Phi) is 10.7. The van der Waals surface area contributed by atoms with Crippen LogP contribution in [-0.2, 0) is 53.6 Å². The number of aromatic nitrogens is 1. The van der Waals surface area contributed by atoms with E-state index >= 15 is 0 Å². The van der Waals surface area contributed by atoms with Crippen molar-refractivity contribution in [2.24, 2.45) is 5.92 Å². The highest BCUT2D eigenvalue weighted by atomic mass is 28.4. The van der Waals surface area contributed by atoms with Crippen LogP contribution in [0.25, 0.3) is 10.9 Å². The van der Waals surface area contributed by atoms with Crippen molar-refractivity contribution in [1.82, 2.24) is 9.88 Å². The van der Waals surface area contributed by atoms with E-state index in [9.17, 15) is 29.1 Å². The van der Waals surface area contributed by atoms with Crippen molar-refractivity contribution in [1.29, 1.82) is 0 Å². The third-order valence-electron chi connectivity index (χ3n) is 11.8. The number of carbonyl (C=O) groups excluding carboxylic acids is 4. The summed E-state index contributed by atoms with van der Waals surface area (Å²) >= 11 is 0. The molecule has 0 radical (unpaired) electrons. The van der Waals surface area contributed by atoms with E-state index in [2.05, 4.69) is 10.3 Å². The number of carbonyl (C=O) groups is 4. The Morgan fingerprint density at radius 3 is 2.55 bits per heavy atom. The summed E-state index contributed by atoms with van der Waals surface area (Å²) in [5.41, 5.74) is 3.57. The van der Waals surface area contributed by atoms with Crippen LogP contribution in [0, 0.1) is 5.92 Å². The fourth-order valence-corrected chi connectivity index (χ4v) is 11.8. The molecule has 5 atom stereocenters. The highest BCUT2D eigenvalue weighted by Gasteiger charge is 2.66. The van der Waals surface area contributed by atoms with Gasteiger partial charge >= 0.3 is 5.97 Å². The number of unbranched alkanes of at least 4 members (excludes halogenated alkanes) is 1. The fraction of sp³-hybridized carbons (Fsp3) is 0.429. The number of nitrogens with zero attached hydrogens (tertiary/aromatic N) is 2. The van der Waals surface area contributed by atoms with Gasteiger partial charge in [0.2, 0.25) is 11.8 Å². The van der Waals surface area contributed by atoms with Crippen LogP contribution in [0.3, 0.4) is 0 Å². The molecular formula is C42H50N4O8Si. The Morgan fingerprint density at radius 2 is 1.80 bits per heavy atom. The van der Waals surface area contributed by atoms with Crippen molar-refractivity contribution in [3.63, 3.8) is 0 Å². The van der Waals surface area contributed by atoms with Crippen LogP contribution in [0.4, 0.5) is 11.4 Å². The zero-order chi connectivity index (χ0) is 39.1. The minimum atomic E-state index is -3.10. The number of aliphatic hydroxyl groups is 1. The van der Waals surface area contributed by atoms with E-state index in [1.54, 1.807) is 21.9 Å². The Hall–Kier alpha value is -4.82. The first kappa shape index (κ1) is 38.5. The fourth-order valence-electron chi connectivity index (χ4n) is 9.21. The average Bonchev–Trinajstić information content (AvgIpc) is 3.78. The molecule has 0 saturated carbocycles. The molecule has 55 heavy (non-hydrogen) atoms. The number of rotatable bonds is 12. The average molecular weight is 767 g/mol. The number of methoxy groups -OCH3 is 1. The molecule has 4 N–H and O–H groups in total. The lowest BCUT2D eigenvalue weighted by Gasteiger charge is -2.37. The van der Waals surface area contributed by atoms with Gasteiger partial charge in [-0.25, -0.2) is 0 Å². The molecule has 3 aliphatic heterocycles.